The smallest absolute Gasteiger partial charge is 0.223 e. The number of thioether (sulfide) groups is 1. The summed E-state index contributed by atoms with van der Waals surface area (Å²) in [5.41, 5.74) is 1.04. The molecular weight excluding hydrogens is 292 g/mol. The van der Waals surface area contributed by atoms with Crippen molar-refractivity contribution in [3.8, 4) is 0 Å². The van der Waals surface area contributed by atoms with Crippen LogP contribution in [-0.4, -0.2) is 42.4 Å². The second kappa shape index (κ2) is 7.91. The van der Waals surface area contributed by atoms with Crippen LogP contribution in [-0.2, 0) is 4.79 Å². The Morgan fingerprint density at radius 2 is 2.30 bits per heavy atom. The van der Waals surface area contributed by atoms with E-state index in [1.165, 1.54) is 0 Å². The van der Waals surface area contributed by atoms with Crippen LogP contribution in [0.1, 0.15) is 24.4 Å². The predicted molar refractivity (Wildman–Crippen MR) is 86.4 cm³/mol. The molecule has 1 atom stereocenters. The highest BCUT2D eigenvalue weighted by molar-refractivity contribution is 7.98. The standard InChI is InChI=1S/C15H21ClN2OS/c1-20-10-4-7-15(19)18-9-8-17-11-14(18)12-5-2-3-6-13(12)16/h2-3,5-6,14,17H,4,7-11H2,1H3. The number of piperazine rings is 1. The van der Waals surface area contributed by atoms with E-state index in [-0.39, 0.29) is 11.9 Å². The van der Waals surface area contributed by atoms with Gasteiger partial charge in [0.15, 0.2) is 0 Å². The van der Waals surface area contributed by atoms with E-state index in [9.17, 15) is 4.79 Å². The Kier molecular flexibility index (Phi) is 6.20. The van der Waals surface area contributed by atoms with Gasteiger partial charge in [0, 0.05) is 31.1 Å². The molecule has 0 spiro atoms. The molecule has 1 saturated heterocycles. The summed E-state index contributed by atoms with van der Waals surface area (Å²) in [4.78, 5) is 14.4. The summed E-state index contributed by atoms with van der Waals surface area (Å²) < 4.78 is 0. The maximum absolute atomic E-state index is 12.4. The molecule has 1 fully saturated rings. The summed E-state index contributed by atoms with van der Waals surface area (Å²) in [6.45, 7) is 2.39. The summed E-state index contributed by atoms with van der Waals surface area (Å²) in [6, 6.07) is 7.86. The second-order valence-corrected chi connectivity index (χ2v) is 6.32. The Morgan fingerprint density at radius 3 is 3.05 bits per heavy atom. The number of nitrogens with zero attached hydrogens (tertiary/aromatic N) is 1. The molecule has 1 heterocycles. The van der Waals surface area contributed by atoms with Gasteiger partial charge in [0.2, 0.25) is 5.91 Å². The number of nitrogens with one attached hydrogen (secondary N) is 1. The molecule has 20 heavy (non-hydrogen) atoms. The lowest BCUT2D eigenvalue weighted by atomic mass is 10.0. The van der Waals surface area contributed by atoms with Crippen LogP contribution in [0.5, 0.6) is 0 Å². The summed E-state index contributed by atoms with van der Waals surface area (Å²) >= 11 is 8.07. The van der Waals surface area contributed by atoms with E-state index in [1.54, 1.807) is 11.8 Å². The Balaban J connectivity index is 2.09. The fourth-order valence-electron chi connectivity index (χ4n) is 2.54. The third kappa shape index (κ3) is 3.90. The highest BCUT2D eigenvalue weighted by Gasteiger charge is 2.28. The summed E-state index contributed by atoms with van der Waals surface area (Å²) in [5, 5.41) is 4.10. The molecule has 1 aliphatic rings. The minimum atomic E-state index is 0.0548. The van der Waals surface area contributed by atoms with Crippen LogP contribution in [0.3, 0.4) is 0 Å². The number of hydrogen-bond acceptors (Lipinski definition) is 3. The van der Waals surface area contributed by atoms with E-state index in [0.717, 1.165) is 42.4 Å². The van der Waals surface area contributed by atoms with E-state index in [4.69, 9.17) is 11.6 Å². The topological polar surface area (TPSA) is 32.3 Å². The quantitative estimate of drug-likeness (QED) is 0.848. The zero-order chi connectivity index (χ0) is 14.4. The molecule has 1 unspecified atom stereocenters. The molecule has 1 aromatic rings. The van der Waals surface area contributed by atoms with Gasteiger partial charge in [0.25, 0.3) is 0 Å². The Bertz CT molecular complexity index is 455. The zero-order valence-electron chi connectivity index (χ0n) is 11.8. The average molecular weight is 313 g/mol. The largest absolute Gasteiger partial charge is 0.333 e. The normalized spacial score (nSPS) is 19.1. The van der Waals surface area contributed by atoms with Crippen LogP contribution in [0.2, 0.25) is 5.02 Å². The highest BCUT2D eigenvalue weighted by Crippen LogP contribution is 2.29. The minimum Gasteiger partial charge on any atom is -0.333 e. The Labute approximate surface area is 130 Å². The minimum absolute atomic E-state index is 0.0548. The Hall–Kier alpha value is -0.710. The van der Waals surface area contributed by atoms with Crippen molar-refractivity contribution in [3.05, 3.63) is 34.9 Å². The number of carbonyl (C=O) groups excluding carboxylic acids is 1. The van der Waals surface area contributed by atoms with Gasteiger partial charge in [-0.1, -0.05) is 29.8 Å². The van der Waals surface area contributed by atoms with Crippen molar-refractivity contribution in [1.29, 1.82) is 0 Å². The van der Waals surface area contributed by atoms with E-state index >= 15 is 0 Å². The van der Waals surface area contributed by atoms with Crippen molar-refractivity contribution >= 4 is 29.3 Å². The summed E-state index contributed by atoms with van der Waals surface area (Å²) in [6.07, 6.45) is 3.64. The van der Waals surface area contributed by atoms with Gasteiger partial charge >= 0.3 is 0 Å². The van der Waals surface area contributed by atoms with Gasteiger partial charge in [0.1, 0.15) is 0 Å². The third-order valence-electron chi connectivity index (χ3n) is 3.57. The van der Waals surface area contributed by atoms with Crippen LogP contribution in [0.15, 0.2) is 24.3 Å². The van der Waals surface area contributed by atoms with Crippen molar-refractivity contribution in [1.82, 2.24) is 10.2 Å². The van der Waals surface area contributed by atoms with Gasteiger partial charge in [-0.3, -0.25) is 4.79 Å². The number of amides is 1. The third-order valence-corrected chi connectivity index (χ3v) is 4.61. The van der Waals surface area contributed by atoms with Crippen molar-refractivity contribution in [2.75, 3.05) is 31.6 Å². The summed E-state index contributed by atoms with van der Waals surface area (Å²) in [5.74, 6) is 1.28. The Morgan fingerprint density at radius 1 is 1.50 bits per heavy atom. The number of benzene rings is 1. The van der Waals surface area contributed by atoms with Crippen LogP contribution < -0.4 is 5.32 Å². The van der Waals surface area contributed by atoms with Crippen LogP contribution in [0.25, 0.3) is 0 Å². The van der Waals surface area contributed by atoms with Crippen LogP contribution >= 0.6 is 23.4 Å². The van der Waals surface area contributed by atoms with Crippen molar-refractivity contribution < 1.29 is 4.79 Å². The molecule has 1 amide bonds. The fraction of sp³-hybridized carbons (Fsp3) is 0.533. The lowest BCUT2D eigenvalue weighted by Gasteiger charge is -2.37. The molecule has 0 radical (unpaired) electrons. The molecule has 1 aliphatic heterocycles. The van der Waals surface area contributed by atoms with Gasteiger partial charge in [-0.2, -0.15) is 11.8 Å². The number of hydrogen-bond donors (Lipinski definition) is 1. The van der Waals surface area contributed by atoms with Crippen molar-refractivity contribution in [2.45, 2.75) is 18.9 Å². The van der Waals surface area contributed by atoms with Gasteiger partial charge in [0.05, 0.1) is 6.04 Å². The van der Waals surface area contributed by atoms with E-state index < -0.39 is 0 Å². The van der Waals surface area contributed by atoms with E-state index in [2.05, 4.69) is 11.6 Å². The number of carbonyl (C=O) groups is 1. The molecule has 0 bridgehead atoms. The first kappa shape index (κ1) is 15.7. The maximum atomic E-state index is 12.4. The summed E-state index contributed by atoms with van der Waals surface area (Å²) in [7, 11) is 0. The van der Waals surface area contributed by atoms with Gasteiger partial charge in [-0.25, -0.2) is 0 Å². The molecule has 0 saturated carbocycles. The molecule has 110 valence electrons. The molecule has 1 N–H and O–H groups in total. The van der Waals surface area contributed by atoms with Gasteiger partial charge < -0.3 is 10.2 Å². The SMILES string of the molecule is CSCCCC(=O)N1CCNCC1c1ccccc1Cl. The van der Waals surface area contributed by atoms with E-state index in [0.29, 0.717) is 6.42 Å². The first-order chi connectivity index (χ1) is 9.74. The number of halogens is 1. The average Bonchev–Trinajstić information content (AvgIpc) is 2.48. The first-order valence-corrected chi connectivity index (χ1v) is 8.74. The lowest BCUT2D eigenvalue weighted by Crippen LogP contribution is -2.48. The molecule has 3 nitrogen and oxygen atoms in total. The first-order valence-electron chi connectivity index (χ1n) is 6.97. The monoisotopic (exact) mass is 312 g/mol. The van der Waals surface area contributed by atoms with Gasteiger partial charge in [-0.05, 0) is 30.1 Å². The zero-order valence-corrected chi connectivity index (χ0v) is 13.3. The number of rotatable bonds is 5. The van der Waals surface area contributed by atoms with Gasteiger partial charge in [-0.15, -0.1) is 0 Å². The molecule has 0 aromatic heterocycles. The fourth-order valence-corrected chi connectivity index (χ4v) is 3.23. The molecule has 1 aromatic carbocycles. The highest BCUT2D eigenvalue weighted by atomic mass is 35.5. The lowest BCUT2D eigenvalue weighted by molar-refractivity contribution is -0.134. The van der Waals surface area contributed by atoms with Crippen LogP contribution in [0.4, 0.5) is 0 Å². The molecule has 0 aliphatic carbocycles. The van der Waals surface area contributed by atoms with E-state index in [1.807, 2.05) is 29.2 Å². The van der Waals surface area contributed by atoms with Crippen molar-refractivity contribution in [3.63, 3.8) is 0 Å². The maximum Gasteiger partial charge on any atom is 0.223 e. The molecule has 5 heteroatoms. The molecular formula is C15H21ClN2OS. The van der Waals surface area contributed by atoms with Crippen LogP contribution in [0, 0.1) is 0 Å². The predicted octanol–water partition coefficient (Wildman–Crippen LogP) is 2.96. The van der Waals surface area contributed by atoms with Crippen molar-refractivity contribution in [2.24, 2.45) is 0 Å². The second-order valence-electron chi connectivity index (χ2n) is 4.92. The molecule has 2 rings (SSSR count).